The van der Waals surface area contributed by atoms with E-state index in [2.05, 4.69) is 12.2 Å². The lowest BCUT2D eigenvalue weighted by molar-refractivity contribution is -0.141. The van der Waals surface area contributed by atoms with Crippen molar-refractivity contribution in [3.05, 3.63) is 40.4 Å². The van der Waals surface area contributed by atoms with Gasteiger partial charge in [0.15, 0.2) is 0 Å². The van der Waals surface area contributed by atoms with Gasteiger partial charge in [-0.15, -0.1) is 0 Å². The van der Waals surface area contributed by atoms with Gasteiger partial charge in [0, 0.05) is 13.6 Å². The molecule has 0 aliphatic heterocycles. The van der Waals surface area contributed by atoms with E-state index < -0.39 is 12.0 Å². The van der Waals surface area contributed by atoms with Gasteiger partial charge in [0.1, 0.15) is 12.4 Å². The third kappa shape index (κ3) is 6.29. The number of hydrogen-bond donors (Lipinski definition) is 1. The number of benzene rings is 1. The van der Waals surface area contributed by atoms with Crippen LogP contribution in [0.5, 0.6) is 0 Å². The predicted molar refractivity (Wildman–Crippen MR) is 121 cm³/mol. The Kier molecular flexibility index (Phi) is 9.49. The van der Waals surface area contributed by atoms with Crippen LogP contribution in [0, 0.1) is 0 Å². The average molecular weight is 431 g/mol. The standard InChI is InChI=1S/C23H34N4O4/c1-5-8-9-12-15-27(23(30)24-16-20(28)31-7-3)19(6-2)21-25-18-14-11-10-13-17(18)22(29)26(21)4/h10-11,13-14,19H,5-9,12,15-16H2,1-4H3,(H,24,30). The summed E-state index contributed by atoms with van der Waals surface area (Å²) in [7, 11) is 1.69. The number of unbranched alkanes of at least 4 members (excludes halogenated alkanes) is 3. The number of ether oxygens (including phenoxy) is 1. The molecule has 0 fully saturated rings. The summed E-state index contributed by atoms with van der Waals surface area (Å²) in [5.74, 6) is 0.0547. The second-order valence-corrected chi connectivity index (χ2v) is 7.49. The molecule has 1 aromatic carbocycles. The van der Waals surface area contributed by atoms with Crippen LogP contribution in [-0.4, -0.2) is 46.1 Å². The summed E-state index contributed by atoms with van der Waals surface area (Å²) in [6, 6.07) is 6.45. The third-order valence-corrected chi connectivity index (χ3v) is 5.28. The molecule has 2 rings (SSSR count). The van der Waals surface area contributed by atoms with Crippen LogP contribution in [0.1, 0.15) is 64.7 Å². The molecule has 2 aromatic rings. The fraction of sp³-hybridized carbons (Fsp3) is 0.565. The molecule has 1 unspecified atom stereocenters. The molecule has 1 aromatic heterocycles. The van der Waals surface area contributed by atoms with Crippen molar-refractivity contribution in [3.8, 4) is 0 Å². The van der Waals surface area contributed by atoms with Crippen LogP contribution in [0.25, 0.3) is 10.9 Å². The Hall–Kier alpha value is -2.90. The van der Waals surface area contributed by atoms with Crippen molar-refractivity contribution >= 4 is 22.9 Å². The van der Waals surface area contributed by atoms with E-state index in [0.29, 0.717) is 29.7 Å². The van der Waals surface area contributed by atoms with Gasteiger partial charge >= 0.3 is 12.0 Å². The van der Waals surface area contributed by atoms with E-state index in [4.69, 9.17) is 9.72 Å². The number of aromatic nitrogens is 2. The largest absolute Gasteiger partial charge is 0.465 e. The zero-order valence-electron chi connectivity index (χ0n) is 19.0. The summed E-state index contributed by atoms with van der Waals surface area (Å²) in [6.45, 7) is 6.39. The van der Waals surface area contributed by atoms with Gasteiger partial charge in [0.25, 0.3) is 5.56 Å². The molecule has 0 bridgehead atoms. The van der Waals surface area contributed by atoms with E-state index in [1.807, 2.05) is 19.1 Å². The number of para-hydroxylation sites is 1. The van der Waals surface area contributed by atoms with Crippen LogP contribution in [0.15, 0.2) is 29.1 Å². The molecule has 1 atom stereocenters. The topological polar surface area (TPSA) is 93.5 Å². The molecule has 0 saturated carbocycles. The van der Waals surface area contributed by atoms with Crippen LogP contribution >= 0.6 is 0 Å². The van der Waals surface area contributed by atoms with E-state index in [1.54, 1.807) is 31.0 Å². The Morgan fingerprint density at radius 1 is 1.16 bits per heavy atom. The number of rotatable bonds is 11. The van der Waals surface area contributed by atoms with Crippen molar-refractivity contribution < 1.29 is 14.3 Å². The first kappa shape index (κ1) is 24.4. The van der Waals surface area contributed by atoms with E-state index in [0.717, 1.165) is 25.7 Å². The maximum absolute atomic E-state index is 13.0. The molecule has 0 aliphatic carbocycles. The zero-order chi connectivity index (χ0) is 22.8. The maximum atomic E-state index is 13.0. The normalized spacial score (nSPS) is 11.9. The number of nitrogens with zero attached hydrogens (tertiary/aromatic N) is 3. The number of nitrogens with one attached hydrogen (secondary N) is 1. The van der Waals surface area contributed by atoms with Crippen molar-refractivity contribution in [2.24, 2.45) is 7.05 Å². The second-order valence-electron chi connectivity index (χ2n) is 7.49. The highest BCUT2D eigenvalue weighted by Crippen LogP contribution is 2.24. The average Bonchev–Trinajstić information content (AvgIpc) is 2.77. The van der Waals surface area contributed by atoms with Crippen molar-refractivity contribution in [2.75, 3.05) is 19.7 Å². The van der Waals surface area contributed by atoms with Gasteiger partial charge in [0.05, 0.1) is 23.6 Å². The first-order chi connectivity index (χ1) is 14.9. The van der Waals surface area contributed by atoms with Crippen LogP contribution in [0.3, 0.4) is 0 Å². The molecule has 0 spiro atoms. The molecule has 0 aliphatic rings. The van der Waals surface area contributed by atoms with Crippen molar-refractivity contribution in [1.82, 2.24) is 19.8 Å². The molecule has 1 N–H and O–H groups in total. The number of carbonyl (C=O) groups excluding carboxylic acids is 2. The Bertz CT molecular complexity index is 941. The minimum Gasteiger partial charge on any atom is -0.465 e. The summed E-state index contributed by atoms with van der Waals surface area (Å²) < 4.78 is 6.43. The highest BCUT2D eigenvalue weighted by Gasteiger charge is 2.27. The molecule has 0 saturated heterocycles. The van der Waals surface area contributed by atoms with E-state index in [1.165, 1.54) is 4.57 Å². The van der Waals surface area contributed by atoms with Crippen LogP contribution in [0.2, 0.25) is 0 Å². The highest BCUT2D eigenvalue weighted by molar-refractivity contribution is 5.81. The number of fused-ring (bicyclic) bond motifs is 1. The monoisotopic (exact) mass is 430 g/mol. The van der Waals surface area contributed by atoms with E-state index in [-0.39, 0.29) is 24.7 Å². The van der Waals surface area contributed by atoms with Gasteiger partial charge in [-0.25, -0.2) is 9.78 Å². The Morgan fingerprint density at radius 3 is 2.58 bits per heavy atom. The predicted octanol–water partition coefficient (Wildman–Crippen LogP) is 3.54. The lowest BCUT2D eigenvalue weighted by atomic mass is 10.1. The fourth-order valence-electron chi connectivity index (χ4n) is 3.64. The fourth-order valence-corrected chi connectivity index (χ4v) is 3.64. The minimum atomic E-state index is -0.480. The number of hydrogen-bond acceptors (Lipinski definition) is 5. The van der Waals surface area contributed by atoms with Crippen LogP contribution in [-0.2, 0) is 16.6 Å². The Balaban J connectivity index is 2.36. The minimum absolute atomic E-state index is 0.142. The summed E-state index contributed by atoms with van der Waals surface area (Å²) in [6.07, 6.45) is 4.59. The lowest BCUT2D eigenvalue weighted by Crippen LogP contribution is -2.46. The summed E-state index contributed by atoms with van der Waals surface area (Å²) in [5, 5.41) is 3.21. The molecular formula is C23H34N4O4. The Labute approximate surface area is 183 Å². The maximum Gasteiger partial charge on any atom is 0.325 e. The van der Waals surface area contributed by atoms with Gasteiger partial charge in [-0.05, 0) is 31.9 Å². The highest BCUT2D eigenvalue weighted by atomic mass is 16.5. The molecule has 31 heavy (non-hydrogen) atoms. The second kappa shape index (κ2) is 12.1. The molecular weight excluding hydrogens is 396 g/mol. The van der Waals surface area contributed by atoms with Gasteiger partial charge in [-0.2, -0.15) is 0 Å². The molecule has 8 heteroatoms. The molecule has 2 amide bonds. The first-order valence-electron chi connectivity index (χ1n) is 11.1. The first-order valence-corrected chi connectivity index (χ1v) is 11.1. The number of esters is 1. The molecule has 0 radical (unpaired) electrons. The van der Waals surface area contributed by atoms with Gasteiger partial charge in [0.2, 0.25) is 0 Å². The summed E-state index contributed by atoms with van der Waals surface area (Å²) in [5.41, 5.74) is 0.467. The summed E-state index contributed by atoms with van der Waals surface area (Å²) in [4.78, 5) is 44.1. The molecule has 1 heterocycles. The van der Waals surface area contributed by atoms with Crippen molar-refractivity contribution in [3.63, 3.8) is 0 Å². The molecule has 8 nitrogen and oxygen atoms in total. The van der Waals surface area contributed by atoms with Crippen LogP contribution in [0.4, 0.5) is 4.79 Å². The van der Waals surface area contributed by atoms with Crippen molar-refractivity contribution in [2.45, 2.75) is 58.9 Å². The molecule has 170 valence electrons. The lowest BCUT2D eigenvalue weighted by Gasteiger charge is -2.32. The summed E-state index contributed by atoms with van der Waals surface area (Å²) >= 11 is 0. The van der Waals surface area contributed by atoms with Gasteiger partial charge < -0.3 is 15.0 Å². The number of carbonyl (C=O) groups is 2. The quantitative estimate of drug-likeness (QED) is 0.435. The number of urea groups is 1. The van der Waals surface area contributed by atoms with Crippen molar-refractivity contribution in [1.29, 1.82) is 0 Å². The number of amides is 2. The van der Waals surface area contributed by atoms with Gasteiger partial charge in [-0.1, -0.05) is 45.2 Å². The van der Waals surface area contributed by atoms with Crippen LogP contribution < -0.4 is 10.9 Å². The third-order valence-electron chi connectivity index (χ3n) is 5.28. The van der Waals surface area contributed by atoms with Gasteiger partial charge in [-0.3, -0.25) is 14.2 Å². The SMILES string of the molecule is CCCCCCN(C(=O)NCC(=O)OCC)C(CC)c1nc2ccccc2c(=O)n1C. The van der Waals surface area contributed by atoms with E-state index >= 15 is 0 Å². The smallest absolute Gasteiger partial charge is 0.325 e. The zero-order valence-corrected chi connectivity index (χ0v) is 19.0. The Morgan fingerprint density at radius 2 is 1.90 bits per heavy atom. The van der Waals surface area contributed by atoms with E-state index in [9.17, 15) is 14.4 Å².